The third-order valence-corrected chi connectivity index (χ3v) is 4.17. The van der Waals surface area contributed by atoms with Crippen LogP contribution in [0, 0.1) is 18.7 Å². The van der Waals surface area contributed by atoms with Gasteiger partial charge in [0.15, 0.2) is 0 Å². The molecule has 0 aliphatic carbocycles. The van der Waals surface area contributed by atoms with Gasteiger partial charge in [-0.25, -0.2) is 4.39 Å². The van der Waals surface area contributed by atoms with E-state index in [-0.39, 0.29) is 17.8 Å². The Kier molecular flexibility index (Phi) is 5.31. The van der Waals surface area contributed by atoms with E-state index in [0.29, 0.717) is 30.3 Å². The number of halogens is 1. The molecule has 1 aromatic carbocycles. The summed E-state index contributed by atoms with van der Waals surface area (Å²) in [5.41, 5.74) is 6.87. The van der Waals surface area contributed by atoms with Gasteiger partial charge in [-0.2, -0.15) is 0 Å². The van der Waals surface area contributed by atoms with Crippen molar-refractivity contribution >= 4 is 11.6 Å². The minimum absolute atomic E-state index is 0.119. The number of nitrogens with zero attached hydrogens (tertiary/aromatic N) is 1. The Morgan fingerprint density at radius 2 is 2.29 bits per heavy atom. The van der Waals surface area contributed by atoms with Gasteiger partial charge in [-0.05, 0) is 49.9 Å². The molecule has 1 aliphatic heterocycles. The van der Waals surface area contributed by atoms with Crippen molar-refractivity contribution in [3.8, 4) is 0 Å². The van der Waals surface area contributed by atoms with Gasteiger partial charge in [0.2, 0.25) is 5.91 Å². The van der Waals surface area contributed by atoms with Gasteiger partial charge in [-0.1, -0.05) is 13.0 Å². The van der Waals surface area contributed by atoms with Crippen LogP contribution < -0.4 is 11.1 Å². The molecule has 3 N–H and O–H groups in total. The number of rotatable bonds is 4. The summed E-state index contributed by atoms with van der Waals surface area (Å²) in [4.78, 5) is 14.2. The molecule has 1 heterocycles. The topological polar surface area (TPSA) is 58.4 Å². The Balaban J connectivity index is 1.93. The van der Waals surface area contributed by atoms with E-state index >= 15 is 0 Å². The van der Waals surface area contributed by atoms with Gasteiger partial charge in [0, 0.05) is 18.3 Å². The van der Waals surface area contributed by atoms with Crippen LogP contribution in [0.15, 0.2) is 18.2 Å². The number of anilines is 1. The van der Waals surface area contributed by atoms with Crippen molar-refractivity contribution in [3.05, 3.63) is 29.6 Å². The smallest absolute Gasteiger partial charge is 0.238 e. The van der Waals surface area contributed by atoms with E-state index in [1.54, 1.807) is 19.1 Å². The van der Waals surface area contributed by atoms with E-state index in [1.165, 1.54) is 6.07 Å². The number of nitrogens with one attached hydrogen (secondary N) is 1. The second kappa shape index (κ2) is 7.00. The monoisotopic (exact) mass is 293 g/mol. The molecule has 0 radical (unpaired) electrons. The van der Waals surface area contributed by atoms with E-state index in [1.807, 2.05) is 0 Å². The van der Waals surface area contributed by atoms with Crippen LogP contribution in [0.5, 0.6) is 0 Å². The second-order valence-corrected chi connectivity index (χ2v) is 6.00. The van der Waals surface area contributed by atoms with Gasteiger partial charge in [0.25, 0.3) is 0 Å². The number of likely N-dealkylation sites (tertiary alicyclic amines) is 1. The lowest BCUT2D eigenvalue weighted by atomic mass is 9.92. The van der Waals surface area contributed by atoms with Crippen molar-refractivity contribution in [2.45, 2.75) is 32.7 Å². The Morgan fingerprint density at radius 3 is 2.95 bits per heavy atom. The molecular formula is C16H24FN3O. The molecule has 21 heavy (non-hydrogen) atoms. The number of nitrogens with two attached hydrogens (primary N) is 1. The normalized spacial score (nSPS) is 23.0. The number of amides is 1. The molecule has 1 aromatic rings. The van der Waals surface area contributed by atoms with Crippen molar-refractivity contribution in [1.82, 2.24) is 4.90 Å². The third kappa shape index (κ3) is 4.25. The maximum absolute atomic E-state index is 13.5. The Labute approximate surface area is 125 Å². The summed E-state index contributed by atoms with van der Waals surface area (Å²) < 4.78 is 13.5. The highest BCUT2D eigenvalue weighted by molar-refractivity contribution is 5.92. The lowest BCUT2D eigenvalue weighted by Gasteiger charge is -2.37. The van der Waals surface area contributed by atoms with Crippen LogP contribution in [0.1, 0.15) is 25.3 Å². The SMILES string of the molecule is Cc1ccc(NC(=O)CN2CCC(C)CC2CN)cc1F. The molecule has 4 nitrogen and oxygen atoms in total. The molecule has 0 spiro atoms. The highest BCUT2D eigenvalue weighted by atomic mass is 19.1. The Morgan fingerprint density at radius 1 is 1.52 bits per heavy atom. The van der Waals surface area contributed by atoms with Crippen molar-refractivity contribution in [3.63, 3.8) is 0 Å². The zero-order valence-electron chi connectivity index (χ0n) is 12.7. The summed E-state index contributed by atoms with van der Waals surface area (Å²) in [5, 5.41) is 2.75. The van der Waals surface area contributed by atoms with Crippen LogP contribution in [0.25, 0.3) is 0 Å². The van der Waals surface area contributed by atoms with E-state index < -0.39 is 0 Å². The minimum Gasteiger partial charge on any atom is -0.329 e. The van der Waals surface area contributed by atoms with Crippen LogP contribution >= 0.6 is 0 Å². The summed E-state index contributed by atoms with van der Waals surface area (Å²) in [6, 6.07) is 4.99. The van der Waals surface area contributed by atoms with Crippen LogP contribution in [0.2, 0.25) is 0 Å². The lowest BCUT2D eigenvalue weighted by Crippen LogP contribution is -2.49. The first-order valence-electron chi connectivity index (χ1n) is 7.49. The molecule has 1 aliphatic rings. The summed E-state index contributed by atoms with van der Waals surface area (Å²) in [7, 11) is 0. The van der Waals surface area contributed by atoms with E-state index in [4.69, 9.17) is 5.73 Å². The lowest BCUT2D eigenvalue weighted by molar-refractivity contribution is -0.118. The number of hydrogen-bond acceptors (Lipinski definition) is 3. The number of benzene rings is 1. The molecule has 1 fully saturated rings. The molecule has 0 saturated carbocycles. The molecular weight excluding hydrogens is 269 g/mol. The molecule has 1 amide bonds. The quantitative estimate of drug-likeness (QED) is 0.894. The standard InChI is InChI=1S/C16H24FN3O/c1-11-5-6-20(14(7-11)9-18)10-16(21)19-13-4-3-12(2)15(17)8-13/h3-4,8,11,14H,5-7,9-10,18H2,1-2H3,(H,19,21). The van der Waals surface area contributed by atoms with E-state index in [2.05, 4.69) is 17.1 Å². The van der Waals surface area contributed by atoms with E-state index in [9.17, 15) is 9.18 Å². The predicted octanol–water partition coefficient (Wildman–Crippen LogP) is 2.13. The molecule has 2 atom stereocenters. The molecule has 2 rings (SSSR count). The number of carbonyl (C=O) groups is 1. The van der Waals surface area contributed by atoms with Crippen molar-refractivity contribution in [2.24, 2.45) is 11.7 Å². The van der Waals surface area contributed by atoms with Crippen LogP contribution in [0.3, 0.4) is 0 Å². The molecule has 1 saturated heterocycles. The van der Waals surface area contributed by atoms with Gasteiger partial charge in [-0.3, -0.25) is 9.69 Å². The zero-order valence-corrected chi connectivity index (χ0v) is 12.7. The first kappa shape index (κ1) is 15.9. The Hall–Kier alpha value is -1.46. The third-order valence-electron chi connectivity index (χ3n) is 4.17. The maximum atomic E-state index is 13.5. The van der Waals surface area contributed by atoms with Crippen LogP contribution in [-0.4, -0.2) is 36.5 Å². The maximum Gasteiger partial charge on any atom is 0.238 e. The van der Waals surface area contributed by atoms with Gasteiger partial charge in [0.05, 0.1) is 6.54 Å². The van der Waals surface area contributed by atoms with Gasteiger partial charge in [0.1, 0.15) is 5.82 Å². The zero-order chi connectivity index (χ0) is 15.4. The highest BCUT2D eigenvalue weighted by Gasteiger charge is 2.26. The summed E-state index contributed by atoms with van der Waals surface area (Å²) in [5.74, 6) is 0.231. The average Bonchev–Trinajstić information content (AvgIpc) is 2.44. The van der Waals surface area contributed by atoms with Crippen molar-refractivity contribution < 1.29 is 9.18 Å². The summed E-state index contributed by atoms with van der Waals surface area (Å²) >= 11 is 0. The average molecular weight is 293 g/mol. The van der Waals surface area contributed by atoms with Crippen molar-refractivity contribution in [2.75, 3.05) is 25.0 Å². The van der Waals surface area contributed by atoms with Gasteiger partial charge < -0.3 is 11.1 Å². The van der Waals surface area contributed by atoms with Crippen LogP contribution in [-0.2, 0) is 4.79 Å². The molecule has 116 valence electrons. The number of carbonyl (C=O) groups excluding carboxylic acids is 1. The van der Waals surface area contributed by atoms with E-state index in [0.717, 1.165) is 19.4 Å². The van der Waals surface area contributed by atoms with Crippen LogP contribution in [0.4, 0.5) is 10.1 Å². The van der Waals surface area contributed by atoms with Gasteiger partial charge in [-0.15, -0.1) is 0 Å². The fraction of sp³-hybridized carbons (Fsp3) is 0.562. The summed E-state index contributed by atoms with van der Waals surface area (Å²) in [6.45, 7) is 5.68. The molecule has 0 bridgehead atoms. The number of aryl methyl sites for hydroxylation is 1. The predicted molar refractivity (Wildman–Crippen MR) is 82.6 cm³/mol. The van der Waals surface area contributed by atoms with Crippen molar-refractivity contribution in [1.29, 1.82) is 0 Å². The number of hydrogen-bond donors (Lipinski definition) is 2. The second-order valence-electron chi connectivity index (χ2n) is 6.00. The Bertz CT molecular complexity index is 506. The molecule has 2 unspecified atom stereocenters. The number of piperidine rings is 1. The minimum atomic E-state index is -0.306. The molecule has 0 aromatic heterocycles. The fourth-order valence-electron chi connectivity index (χ4n) is 2.81. The fourth-order valence-corrected chi connectivity index (χ4v) is 2.81. The largest absolute Gasteiger partial charge is 0.329 e. The molecule has 5 heteroatoms. The first-order valence-corrected chi connectivity index (χ1v) is 7.49. The summed E-state index contributed by atoms with van der Waals surface area (Å²) in [6.07, 6.45) is 2.12. The van der Waals surface area contributed by atoms with Gasteiger partial charge >= 0.3 is 0 Å². The highest BCUT2D eigenvalue weighted by Crippen LogP contribution is 2.21. The first-order chi connectivity index (χ1) is 9.99.